The molecule has 0 aliphatic rings. The molecule has 0 radical (unpaired) electrons. The quantitative estimate of drug-likeness (QED) is 0.0380. The molecule has 3 unspecified atom stereocenters. The molecule has 49 heavy (non-hydrogen) atoms. The molecular weight excluding hydrogens is 606 g/mol. The van der Waals surface area contributed by atoms with E-state index in [9.17, 15) is 20.1 Å². The van der Waals surface area contributed by atoms with Crippen LogP contribution in [0.1, 0.15) is 239 Å². The molecule has 0 aliphatic carbocycles. The van der Waals surface area contributed by atoms with Gasteiger partial charge in [0.2, 0.25) is 5.91 Å². The summed E-state index contributed by atoms with van der Waals surface area (Å²) in [6, 6.07) is -0.820. The lowest BCUT2D eigenvalue weighted by atomic mass is 10.0. The van der Waals surface area contributed by atoms with Crippen LogP contribution in [0.2, 0.25) is 0 Å². The van der Waals surface area contributed by atoms with E-state index in [2.05, 4.69) is 31.3 Å². The molecule has 0 aromatic carbocycles. The van der Waals surface area contributed by atoms with Crippen molar-refractivity contribution >= 4 is 5.91 Å². The molecule has 4 N–H and O–H groups in total. The van der Waals surface area contributed by atoms with Gasteiger partial charge in [-0.25, -0.2) is 0 Å². The molecule has 3 atom stereocenters. The summed E-state index contributed by atoms with van der Waals surface area (Å²) in [5.41, 5.74) is 0. The topological polar surface area (TPSA) is 89.8 Å². The number of hydrogen-bond acceptors (Lipinski definition) is 4. The third-order valence-electron chi connectivity index (χ3n) is 10.4. The zero-order valence-electron chi connectivity index (χ0n) is 33.1. The molecule has 0 rings (SSSR count). The molecule has 0 spiro atoms. The van der Waals surface area contributed by atoms with Gasteiger partial charge in [-0.3, -0.25) is 4.79 Å². The Morgan fingerprint density at radius 2 is 0.816 bits per heavy atom. The van der Waals surface area contributed by atoms with E-state index >= 15 is 0 Å². The minimum atomic E-state index is -1.15. The Bertz CT molecular complexity index is 684. The monoisotopic (exact) mass is 694 g/mol. The van der Waals surface area contributed by atoms with E-state index in [4.69, 9.17) is 0 Å². The van der Waals surface area contributed by atoms with Gasteiger partial charge in [0, 0.05) is 6.42 Å². The molecular formula is C44H87NO4. The number of nitrogens with one attached hydrogen (secondary N) is 1. The number of rotatable bonds is 40. The van der Waals surface area contributed by atoms with Crippen LogP contribution in [0.5, 0.6) is 0 Å². The van der Waals surface area contributed by atoms with Gasteiger partial charge >= 0.3 is 0 Å². The highest BCUT2D eigenvalue weighted by atomic mass is 16.3. The van der Waals surface area contributed by atoms with Crippen molar-refractivity contribution in [2.45, 2.75) is 257 Å². The van der Waals surface area contributed by atoms with Crippen LogP contribution in [0.3, 0.4) is 0 Å². The average molecular weight is 694 g/mol. The van der Waals surface area contributed by atoms with Crippen LogP contribution in [-0.4, -0.2) is 46.1 Å². The van der Waals surface area contributed by atoms with Gasteiger partial charge in [-0.1, -0.05) is 206 Å². The van der Waals surface area contributed by atoms with E-state index < -0.39 is 18.2 Å². The lowest BCUT2D eigenvalue weighted by Crippen LogP contribution is -2.50. The second-order valence-electron chi connectivity index (χ2n) is 15.3. The highest BCUT2D eigenvalue weighted by Crippen LogP contribution is 2.16. The van der Waals surface area contributed by atoms with Crippen molar-refractivity contribution in [2.75, 3.05) is 6.61 Å². The van der Waals surface area contributed by atoms with Crippen molar-refractivity contribution in [1.82, 2.24) is 5.32 Å². The fourth-order valence-corrected chi connectivity index (χ4v) is 6.93. The van der Waals surface area contributed by atoms with Crippen LogP contribution in [-0.2, 0) is 4.79 Å². The zero-order chi connectivity index (χ0) is 35.9. The number of amides is 1. The van der Waals surface area contributed by atoms with Crippen LogP contribution >= 0.6 is 0 Å². The molecule has 0 fully saturated rings. The highest BCUT2D eigenvalue weighted by molar-refractivity contribution is 5.76. The van der Waals surface area contributed by atoms with Crippen LogP contribution in [0.15, 0.2) is 12.2 Å². The summed E-state index contributed by atoms with van der Waals surface area (Å²) in [7, 11) is 0. The summed E-state index contributed by atoms with van der Waals surface area (Å²) >= 11 is 0. The molecule has 5 heteroatoms. The van der Waals surface area contributed by atoms with Crippen molar-refractivity contribution in [3.8, 4) is 0 Å². The molecule has 0 bridgehead atoms. The van der Waals surface area contributed by atoms with Gasteiger partial charge in [-0.05, 0) is 38.5 Å². The average Bonchev–Trinajstić information content (AvgIpc) is 3.10. The number of carbonyl (C=O) groups is 1. The van der Waals surface area contributed by atoms with Gasteiger partial charge in [0.15, 0.2) is 0 Å². The normalized spacial score (nSPS) is 13.7. The predicted octanol–water partition coefficient (Wildman–Crippen LogP) is 12.4. The Balaban J connectivity index is 3.64. The first-order valence-electron chi connectivity index (χ1n) is 22.0. The van der Waals surface area contributed by atoms with Gasteiger partial charge in [-0.2, -0.15) is 0 Å². The van der Waals surface area contributed by atoms with E-state index in [1.807, 2.05) is 0 Å². The summed E-state index contributed by atoms with van der Waals surface area (Å²) in [4.78, 5) is 12.4. The van der Waals surface area contributed by atoms with Gasteiger partial charge in [-0.15, -0.1) is 0 Å². The summed E-state index contributed by atoms with van der Waals surface area (Å²) in [6.07, 6.45) is 46.0. The largest absolute Gasteiger partial charge is 0.394 e. The van der Waals surface area contributed by atoms with E-state index in [1.54, 1.807) is 0 Å². The Morgan fingerprint density at radius 3 is 1.18 bits per heavy atom. The number of allylic oxidation sites excluding steroid dienone is 2. The van der Waals surface area contributed by atoms with E-state index in [-0.39, 0.29) is 12.5 Å². The second-order valence-corrected chi connectivity index (χ2v) is 15.3. The Kier molecular flexibility index (Phi) is 39.1. The summed E-state index contributed by atoms with van der Waals surface area (Å²) < 4.78 is 0. The first-order chi connectivity index (χ1) is 24.1. The minimum absolute atomic E-state index is 0.151. The van der Waals surface area contributed by atoms with Gasteiger partial charge in [0.05, 0.1) is 18.8 Å². The lowest BCUT2D eigenvalue weighted by Gasteiger charge is -2.26. The molecule has 5 nitrogen and oxygen atoms in total. The molecule has 1 amide bonds. The van der Waals surface area contributed by atoms with Crippen molar-refractivity contribution in [2.24, 2.45) is 0 Å². The molecule has 292 valence electrons. The van der Waals surface area contributed by atoms with Crippen LogP contribution < -0.4 is 5.32 Å². The maximum atomic E-state index is 12.4. The lowest BCUT2D eigenvalue weighted by molar-refractivity contribution is -0.124. The number of hydrogen-bond donors (Lipinski definition) is 4. The van der Waals surface area contributed by atoms with Crippen LogP contribution in [0.4, 0.5) is 0 Å². The summed E-state index contributed by atoms with van der Waals surface area (Å²) in [5.74, 6) is -0.151. The molecule has 0 aliphatic heterocycles. The van der Waals surface area contributed by atoms with Gasteiger partial charge in [0.1, 0.15) is 6.10 Å². The SMILES string of the molecule is CCCCCCCCCCCCCCC/C=C/CCCC(O)C(O)C(CO)NC(=O)CCCCCCCCCCCCCCCCCCC. The van der Waals surface area contributed by atoms with E-state index in [0.717, 1.165) is 38.5 Å². The zero-order valence-corrected chi connectivity index (χ0v) is 33.1. The molecule has 0 saturated heterocycles. The molecule has 0 saturated carbocycles. The Labute approximate surface area is 306 Å². The third kappa shape index (κ3) is 35.3. The maximum absolute atomic E-state index is 12.4. The highest BCUT2D eigenvalue weighted by Gasteiger charge is 2.26. The molecule has 0 heterocycles. The molecule has 0 aromatic heterocycles. The number of carbonyl (C=O) groups excluding carboxylic acids is 1. The number of aliphatic hydroxyl groups is 3. The van der Waals surface area contributed by atoms with Crippen molar-refractivity contribution in [3.63, 3.8) is 0 Å². The smallest absolute Gasteiger partial charge is 0.220 e. The van der Waals surface area contributed by atoms with Crippen LogP contribution in [0, 0.1) is 0 Å². The first kappa shape index (κ1) is 48.1. The van der Waals surface area contributed by atoms with E-state index in [0.29, 0.717) is 12.8 Å². The number of unbranched alkanes of at least 4 members (excludes halogenated alkanes) is 30. The van der Waals surface area contributed by atoms with Gasteiger partial charge < -0.3 is 20.6 Å². The fraction of sp³-hybridized carbons (Fsp3) is 0.932. The van der Waals surface area contributed by atoms with Crippen molar-refractivity contribution < 1.29 is 20.1 Å². The fourth-order valence-electron chi connectivity index (χ4n) is 6.93. The van der Waals surface area contributed by atoms with Crippen molar-refractivity contribution in [1.29, 1.82) is 0 Å². The van der Waals surface area contributed by atoms with Gasteiger partial charge in [0.25, 0.3) is 0 Å². The maximum Gasteiger partial charge on any atom is 0.220 e. The summed E-state index contributed by atoms with van der Waals surface area (Å²) in [5, 5.41) is 33.5. The second kappa shape index (κ2) is 39.9. The third-order valence-corrected chi connectivity index (χ3v) is 10.4. The molecule has 0 aromatic rings. The first-order valence-corrected chi connectivity index (χ1v) is 22.0. The van der Waals surface area contributed by atoms with Crippen molar-refractivity contribution in [3.05, 3.63) is 12.2 Å². The minimum Gasteiger partial charge on any atom is -0.394 e. The standard InChI is InChI=1S/C44H87NO4/c1-3-5-7-9-11-13-15-17-19-21-23-24-26-28-30-32-34-36-38-42(47)44(49)41(40-46)45-43(48)39-37-35-33-31-29-27-25-22-20-18-16-14-12-10-8-6-4-2/h30,32,41-42,44,46-47,49H,3-29,31,33-40H2,1-2H3,(H,45,48)/b32-30+. The predicted molar refractivity (Wildman–Crippen MR) is 213 cm³/mol. The summed E-state index contributed by atoms with van der Waals surface area (Å²) in [6.45, 7) is 4.18. The Hall–Kier alpha value is -0.910. The number of aliphatic hydroxyl groups excluding tert-OH is 3. The van der Waals surface area contributed by atoms with E-state index in [1.165, 1.54) is 173 Å². The van der Waals surface area contributed by atoms with Crippen LogP contribution in [0.25, 0.3) is 0 Å². The Morgan fingerprint density at radius 1 is 0.490 bits per heavy atom.